The van der Waals surface area contributed by atoms with Gasteiger partial charge in [-0.25, -0.2) is 0 Å². The summed E-state index contributed by atoms with van der Waals surface area (Å²) in [6.07, 6.45) is -4.55. The number of hydrogen-bond acceptors (Lipinski definition) is 3. The molecule has 0 unspecified atom stereocenters. The molecule has 1 amide bonds. The predicted octanol–water partition coefficient (Wildman–Crippen LogP) is 3.77. The van der Waals surface area contributed by atoms with E-state index in [0.29, 0.717) is 35.1 Å². The topological polar surface area (TPSA) is 49.4 Å². The van der Waals surface area contributed by atoms with E-state index in [2.05, 4.69) is 5.32 Å². The molecule has 0 saturated carbocycles. The van der Waals surface area contributed by atoms with Crippen LogP contribution < -0.4 is 5.32 Å². The first kappa shape index (κ1) is 20.4. The largest absolute Gasteiger partial charge is 0.505 e. The van der Waals surface area contributed by atoms with Gasteiger partial charge in [-0.2, -0.15) is 13.2 Å². The number of nitrogens with one attached hydrogen (secondary N) is 1. The maximum Gasteiger partial charge on any atom is 0.505 e. The van der Waals surface area contributed by atoms with Gasteiger partial charge in [0.25, 0.3) is 4.90 Å². The van der Waals surface area contributed by atoms with Crippen molar-refractivity contribution in [2.75, 3.05) is 6.54 Å². The standard InChI is InChI=1S/C20H20F3N2O2S/c1-13(14-5-3-2-4-6-14)24-11-16-9-15-7-8-25(19(26)20(21,22)23)12-17(15)10-18(16)28-27/h2-6,9-10,13,24H,7-8,11-12H2,1H3/q+1/t13-/m0/s1. The monoisotopic (exact) mass is 409 g/mol. The van der Waals surface area contributed by atoms with Crippen molar-refractivity contribution in [3.8, 4) is 0 Å². The van der Waals surface area contributed by atoms with Crippen molar-refractivity contribution >= 4 is 17.6 Å². The lowest BCUT2D eigenvalue weighted by molar-refractivity contribution is -0.186. The lowest BCUT2D eigenvalue weighted by Crippen LogP contribution is -2.43. The molecule has 0 fully saturated rings. The molecule has 0 saturated heterocycles. The molecule has 1 aliphatic heterocycles. The Hall–Kier alpha value is -2.32. The maximum atomic E-state index is 12.7. The van der Waals surface area contributed by atoms with Crippen LogP contribution in [0.2, 0.25) is 0 Å². The molecule has 0 spiro atoms. The van der Waals surface area contributed by atoms with Crippen LogP contribution in [0.4, 0.5) is 13.2 Å². The van der Waals surface area contributed by atoms with Crippen LogP contribution in [-0.4, -0.2) is 23.5 Å². The lowest BCUT2D eigenvalue weighted by atomic mass is 9.96. The summed E-state index contributed by atoms with van der Waals surface area (Å²) in [6, 6.07) is 13.5. The van der Waals surface area contributed by atoms with Crippen molar-refractivity contribution in [3.05, 3.63) is 64.7 Å². The molecule has 148 valence electrons. The molecule has 2 aromatic carbocycles. The van der Waals surface area contributed by atoms with E-state index in [9.17, 15) is 22.2 Å². The number of fused-ring (bicyclic) bond motifs is 1. The quantitative estimate of drug-likeness (QED) is 0.765. The Morgan fingerprint density at radius 1 is 1.21 bits per heavy atom. The summed E-state index contributed by atoms with van der Waals surface area (Å²) < 4.78 is 49.6. The summed E-state index contributed by atoms with van der Waals surface area (Å²) in [4.78, 5) is 12.7. The number of carbonyl (C=O) groups is 1. The minimum atomic E-state index is -4.88. The first-order valence-corrected chi connectivity index (χ1v) is 9.62. The number of rotatable bonds is 5. The van der Waals surface area contributed by atoms with Crippen molar-refractivity contribution in [1.29, 1.82) is 0 Å². The van der Waals surface area contributed by atoms with Crippen molar-refractivity contribution in [2.24, 2.45) is 0 Å². The highest BCUT2D eigenvalue weighted by Gasteiger charge is 2.43. The van der Waals surface area contributed by atoms with Crippen LogP contribution >= 0.6 is 0 Å². The van der Waals surface area contributed by atoms with Crippen LogP contribution in [0.1, 0.15) is 35.2 Å². The number of benzene rings is 2. The van der Waals surface area contributed by atoms with Crippen LogP contribution in [0.5, 0.6) is 0 Å². The summed E-state index contributed by atoms with van der Waals surface area (Å²) in [5.41, 5.74) is 3.42. The zero-order chi connectivity index (χ0) is 20.3. The summed E-state index contributed by atoms with van der Waals surface area (Å²) in [5.74, 6) is -1.84. The third kappa shape index (κ3) is 4.56. The molecule has 2 aromatic rings. The third-order valence-electron chi connectivity index (χ3n) is 4.91. The van der Waals surface area contributed by atoms with E-state index in [1.54, 1.807) is 6.07 Å². The van der Waals surface area contributed by atoms with E-state index in [0.717, 1.165) is 21.6 Å². The fourth-order valence-corrected chi connectivity index (χ4v) is 3.76. The average molecular weight is 409 g/mol. The zero-order valence-corrected chi connectivity index (χ0v) is 16.1. The van der Waals surface area contributed by atoms with Gasteiger partial charge in [0.2, 0.25) is 0 Å². The molecule has 28 heavy (non-hydrogen) atoms. The van der Waals surface area contributed by atoms with Gasteiger partial charge >= 0.3 is 23.7 Å². The summed E-state index contributed by atoms with van der Waals surface area (Å²) in [5, 5.41) is 3.38. The third-order valence-corrected chi connectivity index (χ3v) is 5.47. The molecule has 0 aromatic heterocycles. The van der Waals surface area contributed by atoms with E-state index < -0.39 is 12.1 Å². The zero-order valence-electron chi connectivity index (χ0n) is 15.3. The minimum absolute atomic E-state index is 0.0164. The van der Waals surface area contributed by atoms with Gasteiger partial charge in [-0.1, -0.05) is 30.3 Å². The number of alkyl halides is 3. The van der Waals surface area contributed by atoms with Crippen molar-refractivity contribution in [2.45, 2.75) is 43.5 Å². The second-order valence-corrected chi connectivity index (χ2v) is 7.41. The Labute approximate surface area is 165 Å². The molecule has 1 heterocycles. The van der Waals surface area contributed by atoms with E-state index >= 15 is 0 Å². The molecule has 4 nitrogen and oxygen atoms in total. The van der Waals surface area contributed by atoms with Gasteiger partial charge < -0.3 is 10.2 Å². The Kier molecular flexibility index (Phi) is 6.10. The molecule has 3 rings (SSSR count). The molecule has 1 atom stereocenters. The average Bonchev–Trinajstić information content (AvgIpc) is 2.70. The number of carbonyl (C=O) groups excluding carboxylic acids is 1. The normalized spacial score (nSPS) is 15.1. The highest BCUT2D eigenvalue weighted by atomic mass is 32.1. The summed E-state index contributed by atoms with van der Waals surface area (Å²) >= 11 is 0.315. The minimum Gasteiger partial charge on any atom is -0.330 e. The number of hydrogen-bond donors (Lipinski definition) is 1. The molecule has 0 aliphatic carbocycles. The number of amides is 1. The summed E-state index contributed by atoms with van der Waals surface area (Å²) in [6.45, 7) is 2.38. The van der Waals surface area contributed by atoms with E-state index in [-0.39, 0.29) is 19.1 Å². The fourth-order valence-electron chi connectivity index (χ4n) is 3.33. The highest BCUT2D eigenvalue weighted by Crippen LogP contribution is 2.27. The predicted molar refractivity (Wildman–Crippen MR) is 99.6 cm³/mol. The van der Waals surface area contributed by atoms with Gasteiger partial charge in [-0.05, 0) is 36.1 Å². The highest BCUT2D eigenvalue weighted by molar-refractivity contribution is 7.65. The first-order valence-electron chi connectivity index (χ1n) is 8.88. The van der Waals surface area contributed by atoms with Crippen LogP contribution in [0.3, 0.4) is 0 Å². The van der Waals surface area contributed by atoms with E-state index in [1.165, 1.54) is 0 Å². The van der Waals surface area contributed by atoms with Crippen molar-refractivity contribution in [1.82, 2.24) is 10.2 Å². The Morgan fingerprint density at radius 3 is 2.57 bits per heavy atom. The summed E-state index contributed by atoms with van der Waals surface area (Å²) in [7, 11) is 0. The van der Waals surface area contributed by atoms with Gasteiger partial charge in [0.1, 0.15) is 0 Å². The van der Waals surface area contributed by atoms with Crippen molar-refractivity contribution < 1.29 is 22.2 Å². The molecular formula is C20H20F3N2O2S+. The van der Waals surface area contributed by atoms with Gasteiger partial charge in [-0.3, -0.25) is 4.79 Å². The molecule has 1 aliphatic rings. The molecular weight excluding hydrogens is 389 g/mol. The SMILES string of the molecule is C[C@H](NCc1cc2c(cc1[S+]=O)CN(C(=O)C(F)(F)F)CC2)c1ccccc1. The fraction of sp³-hybridized carbons (Fsp3) is 0.350. The van der Waals surface area contributed by atoms with Crippen molar-refractivity contribution in [3.63, 3.8) is 0 Å². The van der Waals surface area contributed by atoms with Crippen LogP contribution in [0.25, 0.3) is 0 Å². The molecule has 1 N–H and O–H groups in total. The molecule has 8 heteroatoms. The second kappa shape index (κ2) is 8.36. The Bertz CT molecular complexity index is 872. The van der Waals surface area contributed by atoms with Crippen LogP contribution in [-0.2, 0) is 40.2 Å². The molecule has 0 bridgehead atoms. The molecule has 0 radical (unpaired) electrons. The second-order valence-electron chi connectivity index (χ2n) is 6.80. The number of nitrogens with zero attached hydrogens (tertiary/aromatic N) is 1. The van der Waals surface area contributed by atoms with Gasteiger partial charge in [-0.15, -0.1) is 0 Å². The Balaban J connectivity index is 1.75. The van der Waals surface area contributed by atoms with E-state index in [1.807, 2.05) is 43.3 Å². The van der Waals surface area contributed by atoms with E-state index in [4.69, 9.17) is 0 Å². The van der Waals surface area contributed by atoms with Crippen LogP contribution in [0, 0.1) is 0 Å². The number of halogens is 3. The van der Waals surface area contributed by atoms with Gasteiger partial charge in [0.05, 0.1) is 0 Å². The smallest absolute Gasteiger partial charge is 0.330 e. The lowest BCUT2D eigenvalue weighted by Gasteiger charge is -2.29. The van der Waals surface area contributed by atoms with Gasteiger partial charge in [0, 0.05) is 41.5 Å². The Morgan fingerprint density at radius 2 is 1.93 bits per heavy atom. The maximum absolute atomic E-state index is 12.7. The first-order chi connectivity index (χ1) is 13.3. The van der Waals surface area contributed by atoms with Gasteiger partial charge in [0.15, 0.2) is 0 Å². The van der Waals surface area contributed by atoms with Crippen LogP contribution in [0.15, 0.2) is 47.4 Å².